The van der Waals surface area contributed by atoms with Gasteiger partial charge < -0.3 is 20.2 Å². The fourth-order valence-corrected chi connectivity index (χ4v) is 3.12. The zero-order valence-electron chi connectivity index (χ0n) is 14.0. The van der Waals surface area contributed by atoms with Crippen molar-refractivity contribution in [3.63, 3.8) is 0 Å². The number of hydrogen-bond acceptors (Lipinski definition) is 8. The van der Waals surface area contributed by atoms with Crippen molar-refractivity contribution in [1.29, 1.82) is 0 Å². The van der Waals surface area contributed by atoms with Gasteiger partial charge in [0.25, 0.3) is 0 Å². The Kier molecular flexibility index (Phi) is 5.72. The molecule has 1 amide bonds. The van der Waals surface area contributed by atoms with E-state index in [9.17, 15) is 14.9 Å². The van der Waals surface area contributed by atoms with Crippen molar-refractivity contribution >= 4 is 46.5 Å². The first-order valence-corrected chi connectivity index (χ1v) is 8.90. The molecule has 12 heteroatoms. The van der Waals surface area contributed by atoms with Crippen LogP contribution in [0.3, 0.4) is 0 Å². The fraction of sp³-hybridized carbons (Fsp3) is 0.200. The molecule has 0 bridgehead atoms. The first-order chi connectivity index (χ1) is 13.0. The van der Waals surface area contributed by atoms with E-state index >= 15 is 0 Å². The lowest BCUT2D eigenvalue weighted by atomic mass is 10.1. The number of rotatable bonds is 6. The number of hydrogen-bond donors (Lipinski definition) is 1. The molecule has 140 valence electrons. The van der Waals surface area contributed by atoms with E-state index in [0.717, 1.165) is 11.1 Å². The van der Waals surface area contributed by atoms with Crippen molar-refractivity contribution in [2.24, 2.45) is 10.2 Å². The molecule has 0 spiro atoms. The summed E-state index contributed by atoms with van der Waals surface area (Å²) < 4.78 is 6.74. The summed E-state index contributed by atoms with van der Waals surface area (Å²) in [5.74, 6) is 0.408. The van der Waals surface area contributed by atoms with Crippen LogP contribution in [0.2, 0.25) is 5.02 Å². The van der Waals surface area contributed by atoms with Gasteiger partial charge in [0.05, 0.1) is 36.9 Å². The second kappa shape index (κ2) is 8.18. The van der Waals surface area contributed by atoms with Crippen molar-refractivity contribution < 1.29 is 14.5 Å². The molecular formula is C15H13ClN6O4S. The number of methoxy groups -OCH3 is 1. The second-order valence-corrected chi connectivity index (χ2v) is 6.68. The maximum Gasteiger partial charge on any atom is 0.408 e. The van der Waals surface area contributed by atoms with E-state index < -0.39 is 10.7 Å². The molecule has 3 rings (SSSR count). The summed E-state index contributed by atoms with van der Waals surface area (Å²) in [5, 5.41) is 25.6. The number of amidine groups is 1. The molecule has 1 aromatic carbocycles. The molecule has 27 heavy (non-hydrogen) atoms. The zero-order chi connectivity index (χ0) is 19.4. The Morgan fingerprint density at radius 3 is 3.00 bits per heavy atom. The Morgan fingerprint density at radius 2 is 2.37 bits per heavy atom. The number of nitro groups is 1. The van der Waals surface area contributed by atoms with Gasteiger partial charge in [-0.25, -0.2) is 0 Å². The van der Waals surface area contributed by atoms with Gasteiger partial charge in [0.15, 0.2) is 10.2 Å². The molecule has 2 heterocycles. The van der Waals surface area contributed by atoms with E-state index in [1.54, 1.807) is 18.2 Å². The second-order valence-electron chi connectivity index (χ2n) is 5.31. The molecule has 0 unspecified atom stereocenters. The van der Waals surface area contributed by atoms with E-state index in [1.165, 1.54) is 36.0 Å². The highest BCUT2D eigenvalue weighted by atomic mass is 35.5. The Morgan fingerprint density at radius 1 is 1.56 bits per heavy atom. The van der Waals surface area contributed by atoms with Crippen molar-refractivity contribution in [1.82, 2.24) is 15.1 Å². The summed E-state index contributed by atoms with van der Waals surface area (Å²) in [6.45, 7) is 0.249. The SMILES string of the molecule is COc1cc(C=NN=C2NC(=O)CS2)ccc1Cn1cc(Cl)c([N+](=O)[O-])n1. The van der Waals surface area contributed by atoms with Crippen molar-refractivity contribution in [3.8, 4) is 5.75 Å². The maximum atomic E-state index is 11.1. The molecule has 0 saturated carbocycles. The molecular weight excluding hydrogens is 396 g/mol. The third kappa shape index (κ3) is 4.63. The van der Waals surface area contributed by atoms with Crippen LogP contribution in [-0.2, 0) is 11.3 Å². The first-order valence-electron chi connectivity index (χ1n) is 7.54. The number of carbonyl (C=O) groups excluding carboxylic acids is 1. The quantitative estimate of drug-likeness (QED) is 0.443. The van der Waals surface area contributed by atoms with Crippen LogP contribution in [0.4, 0.5) is 5.82 Å². The van der Waals surface area contributed by atoms with Crippen LogP contribution in [0, 0.1) is 10.1 Å². The van der Waals surface area contributed by atoms with Crippen molar-refractivity contribution in [2.45, 2.75) is 6.54 Å². The van der Waals surface area contributed by atoms with Gasteiger partial charge in [-0.15, -0.1) is 5.10 Å². The molecule has 1 saturated heterocycles. The molecule has 0 radical (unpaired) electrons. The number of aromatic nitrogens is 2. The number of halogens is 1. The number of nitrogens with one attached hydrogen (secondary N) is 1. The van der Waals surface area contributed by atoms with Crippen LogP contribution in [-0.4, -0.2) is 44.9 Å². The summed E-state index contributed by atoms with van der Waals surface area (Å²) in [5.41, 5.74) is 1.49. The lowest BCUT2D eigenvalue weighted by molar-refractivity contribution is -0.389. The van der Waals surface area contributed by atoms with Crippen LogP contribution < -0.4 is 10.1 Å². The zero-order valence-corrected chi connectivity index (χ0v) is 15.5. The summed E-state index contributed by atoms with van der Waals surface area (Å²) in [6.07, 6.45) is 2.91. The normalized spacial score (nSPS) is 15.5. The summed E-state index contributed by atoms with van der Waals surface area (Å²) >= 11 is 7.10. The van der Waals surface area contributed by atoms with Crippen LogP contribution in [0.5, 0.6) is 5.75 Å². The average Bonchev–Trinajstić information content (AvgIpc) is 3.21. The molecule has 1 N–H and O–H groups in total. The standard InChI is InChI=1S/C15H13ClN6O4S/c1-26-12-4-9(5-17-19-15-18-13(23)8-27-15)2-3-10(12)6-21-7-11(16)14(20-21)22(24)25/h2-5,7H,6,8H2,1H3,(H,18,19,23). The molecule has 0 aliphatic carbocycles. The highest BCUT2D eigenvalue weighted by Crippen LogP contribution is 2.25. The van der Waals surface area contributed by atoms with Gasteiger partial charge in [-0.1, -0.05) is 35.5 Å². The molecule has 1 fully saturated rings. The summed E-state index contributed by atoms with van der Waals surface area (Å²) in [6, 6.07) is 5.33. The van der Waals surface area contributed by atoms with Crippen LogP contribution in [0.25, 0.3) is 0 Å². The van der Waals surface area contributed by atoms with E-state index in [0.29, 0.717) is 16.7 Å². The largest absolute Gasteiger partial charge is 0.496 e. The van der Waals surface area contributed by atoms with Gasteiger partial charge in [-0.3, -0.25) is 4.79 Å². The number of benzene rings is 1. The van der Waals surface area contributed by atoms with Crippen LogP contribution in [0.1, 0.15) is 11.1 Å². The molecule has 0 atom stereocenters. The van der Waals surface area contributed by atoms with Gasteiger partial charge in [0, 0.05) is 5.56 Å². The monoisotopic (exact) mass is 408 g/mol. The van der Waals surface area contributed by atoms with Crippen LogP contribution >= 0.6 is 23.4 Å². The molecule has 10 nitrogen and oxygen atoms in total. The van der Waals surface area contributed by atoms with Crippen molar-refractivity contribution in [2.75, 3.05) is 12.9 Å². The molecule has 1 aliphatic heterocycles. The van der Waals surface area contributed by atoms with Gasteiger partial charge in [0.1, 0.15) is 5.75 Å². The fourth-order valence-electron chi connectivity index (χ4n) is 2.27. The molecule has 1 aromatic heterocycles. The molecule has 1 aliphatic rings. The van der Waals surface area contributed by atoms with Gasteiger partial charge >= 0.3 is 5.82 Å². The summed E-state index contributed by atoms with van der Waals surface area (Å²) in [7, 11) is 1.52. The highest BCUT2D eigenvalue weighted by Gasteiger charge is 2.20. The molecule has 2 aromatic rings. The van der Waals surface area contributed by atoms with E-state index in [4.69, 9.17) is 16.3 Å². The highest BCUT2D eigenvalue weighted by molar-refractivity contribution is 8.15. The Labute approximate surface area is 162 Å². The average molecular weight is 409 g/mol. The minimum absolute atomic E-state index is 0.0290. The third-order valence-electron chi connectivity index (χ3n) is 3.46. The van der Waals surface area contributed by atoms with E-state index in [1.807, 2.05) is 0 Å². The van der Waals surface area contributed by atoms with Crippen LogP contribution in [0.15, 0.2) is 34.6 Å². The maximum absolute atomic E-state index is 11.1. The topological polar surface area (TPSA) is 124 Å². The smallest absolute Gasteiger partial charge is 0.408 e. The minimum atomic E-state index is -0.637. The van der Waals surface area contributed by atoms with Gasteiger partial charge in [-0.05, 0) is 16.6 Å². The van der Waals surface area contributed by atoms with Gasteiger partial charge in [-0.2, -0.15) is 9.78 Å². The number of amides is 1. The number of ether oxygens (including phenoxy) is 1. The summed E-state index contributed by atoms with van der Waals surface area (Å²) in [4.78, 5) is 21.3. The van der Waals surface area contributed by atoms with Gasteiger partial charge in [0.2, 0.25) is 5.91 Å². The number of nitrogens with zero attached hydrogens (tertiary/aromatic N) is 5. The predicted molar refractivity (Wildman–Crippen MR) is 102 cm³/mol. The van der Waals surface area contributed by atoms with E-state index in [-0.39, 0.29) is 17.5 Å². The third-order valence-corrected chi connectivity index (χ3v) is 4.59. The number of carbonyl (C=O) groups is 1. The van der Waals surface area contributed by atoms with E-state index in [2.05, 4.69) is 20.6 Å². The minimum Gasteiger partial charge on any atom is -0.496 e. The number of thioether (sulfide) groups is 1. The Hall–Kier alpha value is -2.92. The lowest BCUT2D eigenvalue weighted by Gasteiger charge is -2.08. The lowest BCUT2D eigenvalue weighted by Crippen LogP contribution is -2.19. The van der Waals surface area contributed by atoms with Crippen molar-refractivity contribution in [3.05, 3.63) is 50.7 Å². The Bertz CT molecular complexity index is 958. The Balaban J connectivity index is 1.75. The first kappa shape index (κ1) is 18.9. The predicted octanol–water partition coefficient (Wildman–Crippen LogP) is 2.05.